The zero-order chi connectivity index (χ0) is 22.7. The first-order valence-electron chi connectivity index (χ1n) is 9.81. The van der Waals surface area contributed by atoms with Crippen molar-refractivity contribution in [1.29, 1.82) is 0 Å². The summed E-state index contributed by atoms with van der Waals surface area (Å²) in [7, 11) is 0. The molecule has 5 nitrogen and oxygen atoms in total. The fraction of sp³-hybridized carbons (Fsp3) is 0.318. The van der Waals surface area contributed by atoms with E-state index in [1.54, 1.807) is 12.1 Å². The van der Waals surface area contributed by atoms with Gasteiger partial charge < -0.3 is 4.74 Å². The molecule has 0 spiro atoms. The van der Waals surface area contributed by atoms with Crippen LogP contribution in [0.3, 0.4) is 0 Å². The number of ether oxygens (including phenoxy) is 1. The first kappa shape index (κ1) is 23.9. The Hall–Kier alpha value is -1.79. The zero-order valence-electron chi connectivity index (χ0n) is 16.6. The Kier molecular flexibility index (Phi) is 7.87. The first-order chi connectivity index (χ1) is 14.8. The summed E-state index contributed by atoms with van der Waals surface area (Å²) in [4.78, 5) is 39.2. The lowest BCUT2D eigenvalue weighted by Crippen LogP contribution is -2.29. The molecule has 2 amide bonds. The van der Waals surface area contributed by atoms with Gasteiger partial charge in [0.2, 0.25) is 0 Å². The molecule has 1 aliphatic heterocycles. The number of halogens is 4. The molecule has 31 heavy (non-hydrogen) atoms. The van der Waals surface area contributed by atoms with Gasteiger partial charge in [0.15, 0.2) is 0 Å². The average Bonchev–Trinajstić information content (AvgIpc) is 3.03. The third-order valence-corrected chi connectivity index (χ3v) is 6.72. The van der Waals surface area contributed by atoms with Crippen molar-refractivity contribution in [2.75, 3.05) is 11.5 Å². The molecule has 3 rings (SSSR count). The van der Waals surface area contributed by atoms with Crippen molar-refractivity contribution >= 4 is 69.9 Å². The van der Waals surface area contributed by atoms with Gasteiger partial charge in [0.1, 0.15) is 0 Å². The maximum atomic E-state index is 13.0. The number of anilines is 1. The van der Waals surface area contributed by atoms with Gasteiger partial charge in [-0.3, -0.25) is 9.59 Å². The monoisotopic (exact) mass is 501 g/mol. The molecular weight excluding hydrogens is 484 g/mol. The van der Waals surface area contributed by atoms with Crippen molar-refractivity contribution in [2.24, 2.45) is 0 Å². The molecular formula is C22H19Cl4NO4. The highest BCUT2D eigenvalue weighted by Gasteiger charge is 2.42. The summed E-state index contributed by atoms with van der Waals surface area (Å²) in [5, 5.41) is -0.506. The second kappa shape index (κ2) is 10.2. The Labute approximate surface area is 200 Å². The molecule has 1 aliphatic rings. The standard InChI is InChI=1S/C22H19Cl4NO4/c1-2-3-4-5-6-10-31-22(30)12-8-7-9-13(11-12)27-20(28)14-15(21(27)29)17(24)19(26)18(25)16(14)23/h7-9,11H,2-6,10H2,1H3. The van der Waals surface area contributed by atoms with Gasteiger partial charge in [-0.1, -0.05) is 85.1 Å². The second-order valence-corrected chi connectivity index (χ2v) is 8.56. The Bertz CT molecular complexity index is 1010. The van der Waals surface area contributed by atoms with Gasteiger partial charge >= 0.3 is 5.97 Å². The minimum Gasteiger partial charge on any atom is -0.462 e. The van der Waals surface area contributed by atoms with E-state index < -0.39 is 17.8 Å². The highest BCUT2D eigenvalue weighted by Crippen LogP contribution is 2.45. The normalized spacial score (nSPS) is 13.0. The van der Waals surface area contributed by atoms with Crippen molar-refractivity contribution in [2.45, 2.75) is 39.0 Å². The van der Waals surface area contributed by atoms with Crippen molar-refractivity contribution in [3.63, 3.8) is 0 Å². The van der Waals surface area contributed by atoms with Crippen molar-refractivity contribution in [3.8, 4) is 0 Å². The molecule has 1 heterocycles. The predicted molar refractivity (Wildman–Crippen MR) is 123 cm³/mol. The van der Waals surface area contributed by atoms with Gasteiger partial charge in [0.05, 0.1) is 49.1 Å². The lowest BCUT2D eigenvalue weighted by Gasteiger charge is -2.15. The Morgan fingerprint density at radius 1 is 0.871 bits per heavy atom. The third kappa shape index (κ3) is 4.70. The smallest absolute Gasteiger partial charge is 0.338 e. The molecule has 0 fully saturated rings. The summed E-state index contributed by atoms with van der Waals surface area (Å²) >= 11 is 24.4. The SMILES string of the molecule is CCCCCCCOC(=O)c1cccc(N2C(=O)c3c(Cl)c(Cl)c(Cl)c(Cl)c3C2=O)c1. The average molecular weight is 503 g/mol. The maximum absolute atomic E-state index is 13.0. The van der Waals surface area contributed by atoms with Crippen LogP contribution in [-0.4, -0.2) is 24.4 Å². The molecule has 9 heteroatoms. The molecule has 0 aliphatic carbocycles. The molecule has 0 saturated carbocycles. The van der Waals surface area contributed by atoms with Crippen LogP contribution in [0.25, 0.3) is 0 Å². The number of rotatable bonds is 8. The summed E-state index contributed by atoms with van der Waals surface area (Å²) in [6, 6.07) is 6.04. The van der Waals surface area contributed by atoms with Crippen LogP contribution in [0.5, 0.6) is 0 Å². The van der Waals surface area contributed by atoms with Crippen LogP contribution in [0.2, 0.25) is 20.1 Å². The first-order valence-corrected chi connectivity index (χ1v) is 11.3. The quantitative estimate of drug-likeness (QED) is 0.125. The van der Waals surface area contributed by atoms with E-state index in [2.05, 4.69) is 6.92 Å². The van der Waals surface area contributed by atoms with Crippen molar-refractivity contribution < 1.29 is 19.1 Å². The molecule has 0 N–H and O–H groups in total. The van der Waals surface area contributed by atoms with Gasteiger partial charge in [-0.2, -0.15) is 0 Å². The van der Waals surface area contributed by atoms with Gasteiger partial charge in [-0.15, -0.1) is 0 Å². The number of carbonyl (C=O) groups is 3. The fourth-order valence-electron chi connectivity index (χ4n) is 3.31. The largest absolute Gasteiger partial charge is 0.462 e. The molecule has 0 bridgehead atoms. The Balaban J connectivity index is 1.81. The van der Waals surface area contributed by atoms with Crippen LogP contribution in [-0.2, 0) is 4.74 Å². The van der Waals surface area contributed by atoms with E-state index in [0.717, 1.165) is 37.0 Å². The van der Waals surface area contributed by atoms with E-state index in [9.17, 15) is 14.4 Å². The Morgan fingerprint density at radius 3 is 2.03 bits per heavy atom. The minimum absolute atomic E-state index is 0.105. The summed E-state index contributed by atoms with van der Waals surface area (Å²) in [6.45, 7) is 2.44. The number of esters is 1. The molecule has 0 atom stereocenters. The molecule has 0 aromatic heterocycles. The molecule has 0 unspecified atom stereocenters. The van der Waals surface area contributed by atoms with Gasteiger partial charge in [-0.05, 0) is 24.6 Å². The molecule has 2 aromatic rings. The maximum Gasteiger partial charge on any atom is 0.338 e. The Morgan fingerprint density at radius 2 is 1.45 bits per heavy atom. The van der Waals surface area contributed by atoms with Crippen LogP contribution < -0.4 is 4.90 Å². The molecule has 2 aromatic carbocycles. The predicted octanol–water partition coefficient (Wildman–Crippen LogP) is 7.23. The number of imide groups is 1. The molecule has 0 radical (unpaired) electrons. The van der Waals surface area contributed by atoms with Crippen LogP contribution in [0.1, 0.15) is 70.1 Å². The number of benzene rings is 2. The van der Waals surface area contributed by atoms with E-state index in [4.69, 9.17) is 51.1 Å². The van der Waals surface area contributed by atoms with Crippen molar-refractivity contribution in [1.82, 2.24) is 0 Å². The molecule has 164 valence electrons. The van der Waals surface area contributed by atoms with Crippen molar-refractivity contribution in [3.05, 3.63) is 61.0 Å². The van der Waals surface area contributed by atoms with E-state index >= 15 is 0 Å². The van der Waals surface area contributed by atoms with Gasteiger partial charge in [0.25, 0.3) is 11.8 Å². The number of hydrogen-bond acceptors (Lipinski definition) is 4. The fourth-order valence-corrected chi connectivity index (χ4v) is 4.32. The van der Waals surface area contributed by atoms with E-state index in [1.165, 1.54) is 12.1 Å². The number of amides is 2. The van der Waals surface area contributed by atoms with Crippen LogP contribution in [0.15, 0.2) is 24.3 Å². The van der Waals surface area contributed by atoms with Gasteiger partial charge in [0, 0.05) is 0 Å². The number of unbranched alkanes of at least 4 members (excludes halogenated alkanes) is 4. The topological polar surface area (TPSA) is 63.7 Å². The van der Waals surface area contributed by atoms with E-state index in [1.807, 2.05) is 0 Å². The van der Waals surface area contributed by atoms with E-state index in [0.29, 0.717) is 6.61 Å². The summed E-state index contributed by atoms with van der Waals surface area (Å²) in [5.41, 5.74) is 0.163. The summed E-state index contributed by atoms with van der Waals surface area (Å²) in [6.07, 6.45) is 5.16. The molecule has 0 saturated heterocycles. The lowest BCUT2D eigenvalue weighted by molar-refractivity contribution is 0.0497. The second-order valence-electron chi connectivity index (χ2n) is 7.05. The summed E-state index contributed by atoms with van der Waals surface area (Å²) < 4.78 is 5.31. The number of fused-ring (bicyclic) bond motifs is 1. The van der Waals surface area contributed by atoms with E-state index in [-0.39, 0.29) is 42.5 Å². The van der Waals surface area contributed by atoms with Gasteiger partial charge in [-0.25, -0.2) is 9.69 Å². The highest BCUT2D eigenvalue weighted by molar-refractivity contribution is 6.56. The number of nitrogens with zero attached hydrogens (tertiary/aromatic N) is 1. The highest BCUT2D eigenvalue weighted by atomic mass is 35.5. The number of hydrogen-bond donors (Lipinski definition) is 0. The van der Waals surface area contributed by atoms with Crippen LogP contribution in [0.4, 0.5) is 5.69 Å². The lowest BCUT2D eigenvalue weighted by atomic mass is 10.1. The summed E-state index contributed by atoms with van der Waals surface area (Å²) in [5.74, 6) is -1.94. The third-order valence-electron chi connectivity index (χ3n) is 4.92. The van der Waals surface area contributed by atoms with Crippen LogP contribution in [0, 0.1) is 0 Å². The zero-order valence-corrected chi connectivity index (χ0v) is 19.7. The van der Waals surface area contributed by atoms with Crippen LogP contribution >= 0.6 is 46.4 Å². The minimum atomic E-state index is -0.702. The number of carbonyl (C=O) groups excluding carboxylic acids is 3.